The molecule has 1 fully saturated rings. The van der Waals surface area contributed by atoms with Crippen molar-refractivity contribution < 1.29 is 19.3 Å². The first-order valence-electron chi connectivity index (χ1n) is 9.59. The van der Waals surface area contributed by atoms with Crippen LogP contribution in [0.15, 0.2) is 48.5 Å². The molecule has 0 spiro atoms. The zero-order chi connectivity index (χ0) is 21.5. The monoisotopic (exact) mass is 408 g/mol. The highest BCUT2D eigenvalue weighted by molar-refractivity contribution is 6.10. The van der Waals surface area contributed by atoms with Gasteiger partial charge in [-0.1, -0.05) is 18.2 Å². The van der Waals surface area contributed by atoms with E-state index < -0.39 is 10.6 Å². The fraction of sp³-hybridized carbons (Fsp3) is 0.286. The standard InChI is InChI=1S/C21H20N4O5/c1-21-11-9-19(27)24(21)17-8-3-2-7-16(17)20(28)23(21)12-10-18(26)22-14-5-4-6-15(13-14)25(29)30/h2-8,13H,9-12H2,1H3,(H,22,26)/t21-/m0/s1. The third-order valence-electron chi connectivity index (χ3n) is 5.65. The molecule has 2 aromatic carbocycles. The van der Waals surface area contributed by atoms with Gasteiger partial charge in [-0.05, 0) is 31.5 Å². The van der Waals surface area contributed by atoms with Crippen molar-refractivity contribution in [3.05, 3.63) is 64.2 Å². The van der Waals surface area contributed by atoms with Crippen LogP contribution in [0.25, 0.3) is 0 Å². The van der Waals surface area contributed by atoms with E-state index in [9.17, 15) is 24.5 Å². The van der Waals surface area contributed by atoms with Crippen molar-refractivity contribution in [3.8, 4) is 0 Å². The summed E-state index contributed by atoms with van der Waals surface area (Å²) in [4.78, 5) is 51.7. The summed E-state index contributed by atoms with van der Waals surface area (Å²) in [5.41, 5.74) is 0.402. The predicted octanol–water partition coefficient (Wildman–Crippen LogP) is 2.92. The van der Waals surface area contributed by atoms with Gasteiger partial charge in [0.25, 0.3) is 11.6 Å². The van der Waals surface area contributed by atoms with E-state index in [4.69, 9.17) is 0 Å². The first-order chi connectivity index (χ1) is 14.3. The molecule has 1 atom stereocenters. The van der Waals surface area contributed by atoms with Crippen molar-refractivity contribution in [2.75, 3.05) is 16.8 Å². The van der Waals surface area contributed by atoms with Crippen molar-refractivity contribution in [1.82, 2.24) is 4.90 Å². The lowest BCUT2D eigenvalue weighted by atomic mass is 9.98. The van der Waals surface area contributed by atoms with E-state index in [1.807, 2.05) is 6.92 Å². The molecule has 4 rings (SSSR count). The number of benzene rings is 2. The molecule has 1 saturated heterocycles. The summed E-state index contributed by atoms with van der Waals surface area (Å²) in [6, 6.07) is 12.6. The van der Waals surface area contributed by atoms with Gasteiger partial charge in [0, 0.05) is 37.2 Å². The molecule has 0 bridgehead atoms. The zero-order valence-electron chi connectivity index (χ0n) is 16.3. The molecular formula is C21H20N4O5. The Bertz CT molecular complexity index is 1070. The number of hydrogen-bond acceptors (Lipinski definition) is 5. The molecule has 30 heavy (non-hydrogen) atoms. The second kappa shape index (κ2) is 7.25. The number of non-ortho nitro benzene ring substituents is 1. The average Bonchev–Trinajstić information content (AvgIpc) is 3.03. The van der Waals surface area contributed by atoms with Crippen LogP contribution in [0, 0.1) is 10.1 Å². The first-order valence-corrected chi connectivity index (χ1v) is 9.59. The number of para-hydroxylation sites is 1. The second-order valence-electron chi connectivity index (χ2n) is 7.53. The summed E-state index contributed by atoms with van der Waals surface area (Å²) in [5, 5.41) is 13.5. The number of nitrogens with zero attached hydrogens (tertiary/aromatic N) is 3. The summed E-state index contributed by atoms with van der Waals surface area (Å²) in [6.07, 6.45) is 0.807. The Kier molecular flexibility index (Phi) is 4.73. The van der Waals surface area contributed by atoms with Gasteiger partial charge in [-0.25, -0.2) is 0 Å². The molecule has 0 radical (unpaired) electrons. The number of nitro benzene ring substituents is 1. The van der Waals surface area contributed by atoms with Crippen molar-refractivity contribution >= 4 is 34.8 Å². The minimum Gasteiger partial charge on any atom is -0.326 e. The number of anilines is 2. The van der Waals surface area contributed by atoms with Crippen molar-refractivity contribution in [1.29, 1.82) is 0 Å². The largest absolute Gasteiger partial charge is 0.326 e. The van der Waals surface area contributed by atoms with Gasteiger partial charge in [0.1, 0.15) is 5.66 Å². The van der Waals surface area contributed by atoms with Gasteiger partial charge >= 0.3 is 0 Å². The Morgan fingerprint density at radius 3 is 2.73 bits per heavy atom. The van der Waals surface area contributed by atoms with Crippen molar-refractivity contribution in [3.63, 3.8) is 0 Å². The highest BCUT2D eigenvalue weighted by Gasteiger charge is 2.52. The molecular weight excluding hydrogens is 388 g/mol. The van der Waals surface area contributed by atoms with Crippen LogP contribution >= 0.6 is 0 Å². The predicted molar refractivity (Wildman–Crippen MR) is 109 cm³/mol. The molecule has 2 aliphatic heterocycles. The van der Waals surface area contributed by atoms with Gasteiger partial charge in [0.05, 0.1) is 16.2 Å². The van der Waals surface area contributed by atoms with Crippen LogP contribution in [0.2, 0.25) is 0 Å². The average molecular weight is 408 g/mol. The van der Waals surface area contributed by atoms with E-state index in [1.54, 1.807) is 40.1 Å². The SMILES string of the molecule is C[C@@]12CCC(=O)N1c1ccccc1C(=O)N2CCC(=O)Nc1cccc([N+](=O)[O-])c1. The number of amides is 3. The van der Waals surface area contributed by atoms with Gasteiger partial charge in [-0.2, -0.15) is 0 Å². The Balaban J connectivity index is 1.52. The van der Waals surface area contributed by atoms with Gasteiger partial charge in [-0.15, -0.1) is 0 Å². The maximum absolute atomic E-state index is 13.1. The quantitative estimate of drug-likeness (QED) is 0.604. The molecule has 2 aromatic rings. The highest BCUT2D eigenvalue weighted by Crippen LogP contribution is 2.43. The van der Waals surface area contributed by atoms with E-state index >= 15 is 0 Å². The Morgan fingerprint density at radius 2 is 1.97 bits per heavy atom. The lowest BCUT2D eigenvalue weighted by Gasteiger charge is -2.48. The maximum Gasteiger partial charge on any atom is 0.271 e. The number of rotatable bonds is 5. The fourth-order valence-electron chi connectivity index (χ4n) is 4.18. The van der Waals surface area contributed by atoms with Gasteiger partial charge in [0.15, 0.2) is 0 Å². The van der Waals surface area contributed by atoms with E-state index in [0.29, 0.717) is 29.8 Å². The maximum atomic E-state index is 13.1. The molecule has 0 aliphatic carbocycles. The molecule has 0 saturated carbocycles. The molecule has 0 aromatic heterocycles. The third-order valence-corrected chi connectivity index (χ3v) is 5.65. The Morgan fingerprint density at radius 1 is 1.20 bits per heavy atom. The van der Waals surface area contributed by atoms with E-state index in [0.717, 1.165) is 0 Å². The smallest absolute Gasteiger partial charge is 0.271 e. The zero-order valence-corrected chi connectivity index (χ0v) is 16.3. The Labute approximate surface area is 172 Å². The minimum atomic E-state index is -0.825. The number of hydrogen-bond donors (Lipinski definition) is 1. The minimum absolute atomic E-state index is 0.00573. The molecule has 154 valence electrons. The van der Waals surface area contributed by atoms with Crippen LogP contribution in [0.4, 0.5) is 17.1 Å². The molecule has 9 nitrogen and oxygen atoms in total. The normalized spacial score (nSPS) is 20.0. The second-order valence-corrected chi connectivity index (χ2v) is 7.53. The lowest BCUT2D eigenvalue weighted by molar-refractivity contribution is -0.384. The summed E-state index contributed by atoms with van der Waals surface area (Å²) in [6.45, 7) is 1.96. The number of fused-ring (bicyclic) bond motifs is 3. The van der Waals surface area contributed by atoms with Crippen LogP contribution in [-0.2, 0) is 9.59 Å². The molecule has 2 heterocycles. The van der Waals surface area contributed by atoms with Crippen LogP contribution in [0.1, 0.15) is 36.5 Å². The number of nitrogens with one attached hydrogen (secondary N) is 1. The molecule has 3 amide bonds. The van der Waals surface area contributed by atoms with Crippen molar-refractivity contribution in [2.45, 2.75) is 31.8 Å². The fourth-order valence-corrected chi connectivity index (χ4v) is 4.18. The first kappa shape index (κ1) is 19.6. The van der Waals surface area contributed by atoms with Crippen LogP contribution < -0.4 is 10.2 Å². The summed E-state index contributed by atoms with van der Waals surface area (Å²) in [7, 11) is 0. The topological polar surface area (TPSA) is 113 Å². The van der Waals surface area contributed by atoms with Crippen LogP contribution in [-0.4, -0.2) is 39.8 Å². The third kappa shape index (κ3) is 3.18. The van der Waals surface area contributed by atoms with E-state index in [-0.39, 0.29) is 36.4 Å². The van der Waals surface area contributed by atoms with Gasteiger partial charge in [0.2, 0.25) is 11.8 Å². The molecule has 0 unspecified atom stereocenters. The van der Waals surface area contributed by atoms with E-state index in [1.165, 1.54) is 18.2 Å². The molecule has 2 aliphatic rings. The molecule has 9 heteroatoms. The van der Waals surface area contributed by atoms with Gasteiger partial charge < -0.3 is 10.2 Å². The summed E-state index contributed by atoms with van der Waals surface area (Å²) >= 11 is 0. The van der Waals surface area contributed by atoms with E-state index in [2.05, 4.69) is 5.32 Å². The number of carbonyl (C=O) groups is 3. The number of carbonyl (C=O) groups excluding carboxylic acids is 3. The summed E-state index contributed by atoms with van der Waals surface area (Å²) < 4.78 is 0. The van der Waals surface area contributed by atoms with Crippen molar-refractivity contribution in [2.24, 2.45) is 0 Å². The lowest BCUT2D eigenvalue weighted by Crippen LogP contribution is -2.62. The highest BCUT2D eigenvalue weighted by atomic mass is 16.6. The molecule has 1 N–H and O–H groups in total. The summed E-state index contributed by atoms with van der Waals surface area (Å²) in [5.74, 6) is -0.646. The van der Waals surface area contributed by atoms with Crippen LogP contribution in [0.3, 0.4) is 0 Å². The van der Waals surface area contributed by atoms with Crippen LogP contribution in [0.5, 0.6) is 0 Å². The number of nitro groups is 1. The van der Waals surface area contributed by atoms with Gasteiger partial charge in [-0.3, -0.25) is 29.4 Å². The Hall–Kier alpha value is -3.75.